The molecule has 0 radical (unpaired) electrons. The van der Waals surface area contributed by atoms with Gasteiger partial charge in [0.25, 0.3) is 0 Å². The Morgan fingerprint density at radius 2 is 1.22 bits per heavy atom. The van der Waals surface area contributed by atoms with E-state index in [9.17, 15) is 19.0 Å². The van der Waals surface area contributed by atoms with Crippen LogP contribution in [0.5, 0.6) is 0 Å². The summed E-state index contributed by atoms with van der Waals surface area (Å²) in [4.78, 5) is 34.8. The van der Waals surface area contributed by atoms with E-state index in [2.05, 4.69) is 68.5 Å². The highest BCUT2D eigenvalue weighted by molar-refractivity contribution is 7.47. The van der Waals surface area contributed by atoms with Crippen LogP contribution in [0.25, 0.3) is 0 Å². The van der Waals surface area contributed by atoms with Crippen molar-refractivity contribution in [2.75, 3.05) is 26.4 Å². The van der Waals surface area contributed by atoms with Gasteiger partial charge in [-0.2, -0.15) is 0 Å². The third-order valence-electron chi connectivity index (χ3n) is 8.80. The number of rotatable bonds is 37. The number of unbranched alkanes of at least 4 members (excludes halogenated alkanes) is 11. The molecule has 310 valence electrons. The molecule has 11 heteroatoms. The van der Waals surface area contributed by atoms with Gasteiger partial charge >= 0.3 is 19.8 Å². The highest BCUT2D eigenvalue weighted by atomic mass is 31.2. The zero-order valence-electron chi connectivity index (χ0n) is 33.6. The number of hydrogen-bond acceptors (Lipinski definition) is 9. The summed E-state index contributed by atoms with van der Waals surface area (Å²) in [6, 6.07) is 0. The smallest absolute Gasteiger partial charge is 0.462 e. The first-order chi connectivity index (χ1) is 26.3. The van der Waals surface area contributed by atoms with E-state index in [1.54, 1.807) is 0 Å². The fourth-order valence-corrected chi connectivity index (χ4v) is 6.34. The number of allylic oxidation sites excluding steroid dienone is 9. The van der Waals surface area contributed by atoms with Crippen molar-refractivity contribution in [1.29, 1.82) is 0 Å². The van der Waals surface area contributed by atoms with E-state index >= 15 is 0 Å². The van der Waals surface area contributed by atoms with Gasteiger partial charge in [0.1, 0.15) is 6.61 Å². The fraction of sp³-hybridized carbons (Fsp3) is 0.721. The summed E-state index contributed by atoms with van der Waals surface area (Å²) < 4.78 is 38.5. The predicted octanol–water partition coefficient (Wildman–Crippen LogP) is 10.7. The van der Waals surface area contributed by atoms with Crippen LogP contribution in [-0.2, 0) is 37.4 Å². The zero-order chi connectivity index (χ0) is 39.4. The zero-order valence-corrected chi connectivity index (χ0v) is 34.5. The summed E-state index contributed by atoms with van der Waals surface area (Å²) in [7, 11) is -4.40. The molecule has 3 N–H and O–H groups in total. The Bertz CT molecular complexity index is 1140. The van der Waals surface area contributed by atoms with Crippen LogP contribution in [-0.4, -0.2) is 61.5 Å². The van der Waals surface area contributed by atoms with Crippen molar-refractivity contribution in [3.63, 3.8) is 0 Å². The van der Waals surface area contributed by atoms with Gasteiger partial charge in [-0.1, -0.05) is 126 Å². The van der Waals surface area contributed by atoms with Gasteiger partial charge in [0, 0.05) is 19.4 Å². The molecule has 4 atom stereocenters. The number of hydrogen-bond donors (Lipinski definition) is 2. The lowest BCUT2D eigenvalue weighted by Crippen LogP contribution is -2.29. The van der Waals surface area contributed by atoms with Crippen molar-refractivity contribution < 1.29 is 42.3 Å². The molecular weight excluding hydrogens is 705 g/mol. The summed E-state index contributed by atoms with van der Waals surface area (Å²) >= 11 is 0. The van der Waals surface area contributed by atoms with Gasteiger partial charge in [0.15, 0.2) is 6.10 Å². The lowest BCUT2D eigenvalue weighted by molar-refractivity contribution is -0.161. The average Bonchev–Trinajstić information content (AvgIpc) is 3.91. The average molecular weight is 780 g/mol. The number of phosphoric acid groups is 1. The lowest BCUT2D eigenvalue weighted by atomic mass is 10.1. The second-order valence-electron chi connectivity index (χ2n) is 13.9. The van der Waals surface area contributed by atoms with Gasteiger partial charge < -0.3 is 24.8 Å². The second kappa shape index (κ2) is 35.1. The largest absolute Gasteiger partial charge is 0.472 e. The molecule has 0 aliphatic carbocycles. The van der Waals surface area contributed by atoms with Gasteiger partial charge in [-0.15, -0.1) is 0 Å². The molecule has 1 aliphatic heterocycles. The van der Waals surface area contributed by atoms with E-state index in [1.807, 2.05) is 6.08 Å². The quantitative estimate of drug-likeness (QED) is 0.0205. The molecule has 1 saturated heterocycles. The number of carbonyl (C=O) groups is 2. The molecule has 3 unspecified atom stereocenters. The van der Waals surface area contributed by atoms with Crippen molar-refractivity contribution in [2.45, 2.75) is 173 Å². The molecule has 0 bridgehead atoms. The molecule has 1 heterocycles. The Morgan fingerprint density at radius 3 is 1.85 bits per heavy atom. The first kappa shape index (κ1) is 49.7. The molecule has 1 rings (SSSR count). The molecule has 10 nitrogen and oxygen atoms in total. The monoisotopic (exact) mass is 780 g/mol. The minimum atomic E-state index is -4.40. The molecule has 1 fully saturated rings. The Morgan fingerprint density at radius 1 is 0.667 bits per heavy atom. The van der Waals surface area contributed by atoms with Crippen molar-refractivity contribution in [3.05, 3.63) is 60.8 Å². The number of epoxide rings is 1. The summed E-state index contributed by atoms with van der Waals surface area (Å²) in [6.45, 7) is 3.56. The molecule has 54 heavy (non-hydrogen) atoms. The number of carbonyl (C=O) groups excluding carboxylic acids is 2. The Balaban J connectivity index is 2.25. The van der Waals surface area contributed by atoms with E-state index in [0.717, 1.165) is 64.2 Å². The highest BCUT2D eigenvalue weighted by Gasteiger charge is 2.36. The minimum Gasteiger partial charge on any atom is -0.462 e. The molecular formula is C43H74NO9P. The lowest BCUT2D eigenvalue weighted by Gasteiger charge is -2.19. The molecule has 0 saturated carbocycles. The van der Waals surface area contributed by atoms with Crippen LogP contribution in [0.2, 0.25) is 0 Å². The molecule has 1 aliphatic rings. The topological polar surface area (TPSA) is 147 Å². The summed E-state index contributed by atoms with van der Waals surface area (Å²) in [6.07, 6.45) is 42.7. The summed E-state index contributed by atoms with van der Waals surface area (Å²) in [5, 5.41) is 0. The van der Waals surface area contributed by atoms with E-state index in [-0.39, 0.29) is 32.6 Å². The molecule has 0 spiro atoms. The SMILES string of the molecule is CCCCC/C=C\C/C=C\C/C=C\C/C=C\CCCC(=O)O[C@H](COC(=O)CCCCCCCC1OC1C/C=C\CCCCC)COP(=O)(O)OCCN. The van der Waals surface area contributed by atoms with Crippen LogP contribution in [0.4, 0.5) is 0 Å². The van der Waals surface area contributed by atoms with Crippen molar-refractivity contribution in [2.24, 2.45) is 5.73 Å². The van der Waals surface area contributed by atoms with E-state index < -0.39 is 32.5 Å². The van der Waals surface area contributed by atoms with E-state index in [0.29, 0.717) is 31.5 Å². The molecule has 0 aromatic heterocycles. The third-order valence-corrected chi connectivity index (χ3v) is 9.78. The third kappa shape index (κ3) is 32.0. The molecule has 0 aromatic rings. The minimum absolute atomic E-state index is 0.0376. The maximum Gasteiger partial charge on any atom is 0.472 e. The Hall–Kier alpha value is -2.33. The van der Waals surface area contributed by atoms with Crippen LogP contribution < -0.4 is 5.73 Å². The fourth-order valence-electron chi connectivity index (χ4n) is 5.57. The number of esters is 2. The second-order valence-corrected chi connectivity index (χ2v) is 15.3. The number of phosphoric ester groups is 1. The highest BCUT2D eigenvalue weighted by Crippen LogP contribution is 2.43. The number of ether oxygens (including phenoxy) is 3. The Labute approximate surface area is 327 Å². The van der Waals surface area contributed by atoms with Gasteiger partial charge in [0.05, 0.1) is 25.4 Å². The van der Waals surface area contributed by atoms with E-state index in [4.69, 9.17) is 29.0 Å². The Kier molecular flexibility index (Phi) is 32.3. The standard InChI is InChI=1S/C43H74NO9P/c1-3-5-7-9-11-12-13-14-15-16-17-18-19-20-21-25-30-34-43(46)52-39(38-51-54(47,48)50-36-35-44)37-49-42(45)33-29-26-22-24-28-32-41-40(53-41)31-27-23-10-8-6-4-2/h11-12,14-15,17-18,20-21,23,27,39-41H,3-10,13,16,19,22,24-26,28-38,44H2,1-2H3,(H,47,48)/b12-11-,15-14-,18-17-,21-20-,27-23-/t39-,40?,41?/m1/s1. The van der Waals surface area contributed by atoms with Gasteiger partial charge in [-0.25, -0.2) is 4.57 Å². The van der Waals surface area contributed by atoms with Crippen LogP contribution >= 0.6 is 7.82 Å². The van der Waals surface area contributed by atoms with Gasteiger partial charge in [-0.3, -0.25) is 18.6 Å². The van der Waals surface area contributed by atoms with Crippen LogP contribution in [0.15, 0.2) is 60.8 Å². The van der Waals surface area contributed by atoms with Crippen molar-refractivity contribution in [1.82, 2.24) is 0 Å². The first-order valence-corrected chi connectivity index (χ1v) is 22.4. The maximum absolute atomic E-state index is 12.6. The summed E-state index contributed by atoms with van der Waals surface area (Å²) in [5.74, 6) is -0.923. The van der Waals surface area contributed by atoms with Crippen LogP contribution in [0.3, 0.4) is 0 Å². The normalized spacial score (nSPS) is 17.7. The van der Waals surface area contributed by atoms with Crippen molar-refractivity contribution >= 4 is 19.8 Å². The van der Waals surface area contributed by atoms with E-state index in [1.165, 1.54) is 44.9 Å². The van der Waals surface area contributed by atoms with Crippen molar-refractivity contribution in [3.8, 4) is 0 Å². The predicted molar refractivity (Wildman–Crippen MR) is 219 cm³/mol. The molecule has 0 aromatic carbocycles. The van der Waals surface area contributed by atoms with Gasteiger partial charge in [-0.05, 0) is 77.0 Å². The number of nitrogens with two attached hydrogens (primary N) is 1. The maximum atomic E-state index is 12.6. The summed E-state index contributed by atoms with van der Waals surface area (Å²) in [5.41, 5.74) is 5.34. The first-order valence-electron chi connectivity index (χ1n) is 20.9. The van der Waals surface area contributed by atoms with Gasteiger partial charge in [0.2, 0.25) is 0 Å². The van der Waals surface area contributed by atoms with Crippen LogP contribution in [0.1, 0.15) is 155 Å². The molecule has 0 amide bonds. The van der Waals surface area contributed by atoms with Crippen LogP contribution in [0, 0.1) is 0 Å².